The van der Waals surface area contributed by atoms with Crippen LogP contribution in [0.3, 0.4) is 0 Å². The van der Waals surface area contributed by atoms with E-state index in [2.05, 4.69) is 4.99 Å². The molecule has 0 spiro atoms. The summed E-state index contributed by atoms with van der Waals surface area (Å²) in [5.41, 5.74) is 1.60. The number of fused-ring (bicyclic) bond motifs is 1. The van der Waals surface area contributed by atoms with E-state index in [1.165, 1.54) is 11.3 Å². The summed E-state index contributed by atoms with van der Waals surface area (Å²) in [6, 6.07) is 13.5. The van der Waals surface area contributed by atoms with Crippen LogP contribution in [-0.4, -0.2) is 23.3 Å². The number of benzene rings is 2. The fourth-order valence-electron chi connectivity index (χ4n) is 2.63. The molecule has 1 aromatic heterocycles. The molecule has 2 aromatic carbocycles. The van der Waals surface area contributed by atoms with Gasteiger partial charge in [0.1, 0.15) is 11.3 Å². The lowest BCUT2D eigenvalue weighted by molar-refractivity contribution is 0.0998. The van der Waals surface area contributed by atoms with Crippen molar-refractivity contribution in [2.24, 2.45) is 4.99 Å². The highest BCUT2D eigenvalue weighted by molar-refractivity contribution is 7.98. The Morgan fingerprint density at radius 3 is 2.60 bits per heavy atom. The van der Waals surface area contributed by atoms with Crippen molar-refractivity contribution in [3.05, 3.63) is 52.8 Å². The summed E-state index contributed by atoms with van der Waals surface area (Å²) >= 11 is 3.16. The summed E-state index contributed by atoms with van der Waals surface area (Å²) in [6.07, 6.45) is 2.01. The number of ether oxygens (including phenoxy) is 1. The van der Waals surface area contributed by atoms with Crippen LogP contribution in [0.2, 0.25) is 0 Å². The van der Waals surface area contributed by atoms with Crippen molar-refractivity contribution in [2.45, 2.75) is 25.3 Å². The third-order valence-corrected chi connectivity index (χ3v) is 5.60. The summed E-state index contributed by atoms with van der Waals surface area (Å²) < 4.78 is 8.85. The van der Waals surface area contributed by atoms with Crippen molar-refractivity contribution in [2.75, 3.05) is 12.9 Å². The first kappa shape index (κ1) is 17.8. The first-order valence-electron chi connectivity index (χ1n) is 8.16. The van der Waals surface area contributed by atoms with Gasteiger partial charge in [-0.3, -0.25) is 4.79 Å². The molecule has 0 bridgehead atoms. The highest BCUT2D eigenvalue weighted by Gasteiger charge is 2.12. The van der Waals surface area contributed by atoms with E-state index in [4.69, 9.17) is 4.74 Å². The van der Waals surface area contributed by atoms with Gasteiger partial charge >= 0.3 is 0 Å². The molecule has 0 aliphatic carbocycles. The summed E-state index contributed by atoms with van der Waals surface area (Å²) in [4.78, 5) is 18.8. The third kappa shape index (κ3) is 3.65. The average molecular weight is 373 g/mol. The minimum Gasteiger partial charge on any atom is -0.492 e. The highest BCUT2D eigenvalue weighted by atomic mass is 32.2. The van der Waals surface area contributed by atoms with Crippen LogP contribution in [-0.2, 0) is 6.54 Å². The number of nitrogens with zero attached hydrogens (tertiary/aromatic N) is 2. The van der Waals surface area contributed by atoms with Crippen LogP contribution in [0.1, 0.15) is 24.2 Å². The highest BCUT2D eigenvalue weighted by Crippen LogP contribution is 2.27. The maximum Gasteiger partial charge on any atom is 0.279 e. The van der Waals surface area contributed by atoms with E-state index in [0.29, 0.717) is 17.0 Å². The fourth-order valence-corrected chi connectivity index (χ4v) is 4.15. The average Bonchev–Trinajstić information content (AvgIpc) is 3.00. The van der Waals surface area contributed by atoms with E-state index < -0.39 is 0 Å². The second-order valence-corrected chi connectivity index (χ2v) is 7.20. The first-order chi connectivity index (χ1) is 12.2. The van der Waals surface area contributed by atoms with Crippen molar-refractivity contribution in [1.82, 2.24) is 4.57 Å². The molecule has 0 saturated carbocycles. The van der Waals surface area contributed by atoms with Crippen molar-refractivity contribution >= 4 is 39.2 Å². The normalized spacial score (nSPS) is 11.9. The minimum absolute atomic E-state index is 0.223. The van der Waals surface area contributed by atoms with Gasteiger partial charge in [0.05, 0.1) is 11.3 Å². The molecule has 1 heterocycles. The molecule has 0 fully saturated rings. The molecule has 0 aliphatic rings. The Kier molecular flexibility index (Phi) is 5.60. The van der Waals surface area contributed by atoms with Crippen molar-refractivity contribution in [3.8, 4) is 5.75 Å². The number of amides is 1. The number of carbonyl (C=O) groups is 1. The predicted molar refractivity (Wildman–Crippen MR) is 105 cm³/mol. The standard InChI is InChI=1S/C19H20N2O2S2/c1-4-21-17-15(23-5-2)7-6-8-16(17)25-19(21)20-18(22)13-9-11-14(24-3)12-10-13/h6-12H,4-5H2,1-3H3. The molecule has 3 aromatic rings. The van der Waals surface area contributed by atoms with E-state index in [1.54, 1.807) is 11.8 Å². The number of rotatable bonds is 5. The molecule has 25 heavy (non-hydrogen) atoms. The zero-order chi connectivity index (χ0) is 17.8. The third-order valence-electron chi connectivity index (χ3n) is 3.81. The summed E-state index contributed by atoms with van der Waals surface area (Å²) in [6.45, 7) is 5.34. The Bertz CT molecular complexity index is 956. The molecule has 1 amide bonds. The van der Waals surface area contributed by atoms with Crippen LogP contribution in [0, 0.1) is 0 Å². The minimum atomic E-state index is -0.223. The number of hydrogen-bond acceptors (Lipinski definition) is 4. The topological polar surface area (TPSA) is 43.6 Å². The van der Waals surface area contributed by atoms with E-state index in [0.717, 1.165) is 27.4 Å². The molecule has 0 N–H and O–H groups in total. The van der Waals surface area contributed by atoms with Gasteiger partial charge in [0, 0.05) is 17.0 Å². The summed E-state index contributed by atoms with van der Waals surface area (Å²) in [7, 11) is 0. The number of carbonyl (C=O) groups excluding carboxylic acids is 1. The Morgan fingerprint density at radius 2 is 1.96 bits per heavy atom. The molecular formula is C19H20N2O2S2. The molecule has 0 unspecified atom stereocenters. The molecule has 4 nitrogen and oxygen atoms in total. The van der Waals surface area contributed by atoms with Crippen LogP contribution < -0.4 is 9.54 Å². The zero-order valence-corrected chi connectivity index (χ0v) is 16.1. The molecule has 0 radical (unpaired) electrons. The first-order valence-corrected chi connectivity index (χ1v) is 10.2. The quantitative estimate of drug-likeness (QED) is 0.616. The Balaban J connectivity index is 2.09. The lowest BCUT2D eigenvalue weighted by atomic mass is 10.2. The van der Waals surface area contributed by atoms with Gasteiger partial charge in [0.2, 0.25) is 0 Å². The van der Waals surface area contributed by atoms with Crippen LogP contribution >= 0.6 is 23.1 Å². The van der Waals surface area contributed by atoms with Crippen molar-refractivity contribution in [1.29, 1.82) is 0 Å². The van der Waals surface area contributed by atoms with Gasteiger partial charge in [-0.25, -0.2) is 0 Å². The van der Waals surface area contributed by atoms with Gasteiger partial charge in [0.25, 0.3) is 5.91 Å². The molecule has 3 rings (SSSR count). The molecule has 0 atom stereocenters. The molecule has 6 heteroatoms. The van der Waals surface area contributed by atoms with Crippen molar-refractivity contribution in [3.63, 3.8) is 0 Å². The number of thiazole rings is 1. The van der Waals surface area contributed by atoms with Crippen LogP contribution in [0.5, 0.6) is 5.75 Å². The van der Waals surface area contributed by atoms with Crippen LogP contribution in [0.25, 0.3) is 10.2 Å². The Morgan fingerprint density at radius 1 is 1.20 bits per heavy atom. The molecule has 0 saturated heterocycles. The summed E-state index contributed by atoms with van der Waals surface area (Å²) in [5.74, 6) is 0.607. The van der Waals surface area contributed by atoms with E-state index in [1.807, 2.05) is 67.1 Å². The molecule has 130 valence electrons. The number of hydrogen-bond donors (Lipinski definition) is 0. The largest absolute Gasteiger partial charge is 0.492 e. The van der Waals surface area contributed by atoms with Gasteiger partial charge in [-0.2, -0.15) is 4.99 Å². The van der Waals surface area contributed by atoms with Gasteiger partial charge in [-0.1, -0.05) is 17.4 Å². The van der Waals surface area contributed by atoms with E-state index in [9.17, 15) is 4.79 Å². The molecular weight excluding hydrogens is 352 g/mol. The lowest BCUT2D eigenvalue weighted by Gasteiger charge is -2.07. The monoisotopic (exact) mass is 372 g/mol. The Hall–Kier alpha value is -2.05. The Labute approximate surface area is 155 Å². The maximum atomic E-state index is 12.6. The number of aryl methyl sites for hydroxylation is 1. The summed E-state index contributed by atoms with van der Waals surface area (Å²) in [5, 5.41) is 0. The van der Waals surface area contributed by atoms with Gasteiger partial charge < -0.3 is 9.30 Å². The second kappa shape index (κ2) is 7.89. The second-order valence-electron chi connectivity index (χ2n) is 5.31. The van der Waals surface area contributed by atoms with Crippen molar-refractivity contribution < 1.29 is 9.53 Å². The van der Waals surface area contributed by atoms with Crippen LogP contribution in [0.4, 0.5) is 0 Å². The van der Waals surface area contributed by atoms with Crippen LogP contribution in [0.15, 0.2) is 52.4 Å². The fraction of sp³-hybridized carbons (Fsp3) is 0.263. The zero-order valence-electron chi connectivity index (χ0n) is 14.5. The number of thioether (sulfide) groups is 1. The van der Waals surface area contributed by atoms with Gasteiger partial charge in [-0.05, 0) is 56.5 Å². The number of aromatic nitrogens is 1. The van der Waals surface area contributed by atoms with Gasteiger partial charge in [0.15, 0.2) is 4.80 Å². The van der Waals surface area contributed by atoms with Gasteiger partial charge in [-0.15, -0.1) is 11.8 Å². The van der Waals surface area contributed by atoms with E-state index >= 15 is 0 Å². The smallest absolute Gasteiger partial charge is 0.279 e. The lowest BCUT2D eigenvalue weighted by Crippen LogP contribution is -2.16. The maximum absolute atomic E-state index is 12.6. The molecule has 0 aliphatic heterocycles. The predicted octanol–water partition coefficient (Wildman–Crippen LogP) is 4.58. The van der Waals surface area contributed by atoms with E-state index in [-0.39, 0.29) is 5.91 Å². The SMILES string of the molecule is CCOc1cccc2sc(=NC(=O)c3ccc(SC)cc3)n(CC)c12. The number of para-hydroxylation sites is 1.